The van der Waals surface area contributed by atoms with Crippen molar-refractivity contribution < 1.29 is 13.9 Å². The van der Waals surface area contributed by atoms with Gasteiger partial charge in [0.2, 0.25) is 5.91 Å². The molecule has 0 fully saturated rings. The Morgan fingerprint density at radius 1 is 1.25 bits per heavy atom. The van der Waals surface area contributed by atoms with Gasteiger partial charge in [0, 0.05) is 28.9 Å². The van der Waals surface area contributed by atoms with Crippen molar-refractivity contribution in [3.05, 3.63) is 78.7 Å². The van der Waals surface area contributed by atoms with Crippen molar-refractivity contribution in [1.82, 2.24) is 4.98 Å². The number of pyridine rings is 1. The second-order valence-electron chi connectivity index (χ2n) is 8.36. The van der Waals surface area contributed by atoms with E-state index in [-0.39, 0.29) is 11.8 Å². The SMILES string of the molecule is C=CC(=O)Nc1cc2c(Nc3cc(-c4ccco4)ccc3C(C)CC)c(C#N)cnc2cc1OCC. The van der Waals surface area contributed by atoms with Crippen LogP contribution in [0.25, 0.3) is 22.2 Å². The molecule has 2 aromatic heterocycles. The molecule has 2 aromatic carbocycles. The van der Waals surface area contributed by atoms with Crippen LogP contribution in [-0.2, 0) is 4.79 Å². The maximum absolute atomic E-state index is 12.1. The lowest BCUT2D eigenvalue weighted by atomic mass is 9.94. The minimum absolute atomic E-state index is 0.281. The van der Waals surface area contributed by atoms with Crippen LogP contribution in [0.5, 0.6) is 5.75 Å². The van der Waals surface area contributed by atoms with Crippen molar-refractivity contribution in [3.8, 4) is 23.1 Å². The summed E-state index contributed by atoms with van der Waals surface area (Å²) >= 11 is 0. The number of hydrogen-bond donors (Lipinski definition) is 2. The molecule has 0 spiro atoms. The summed E-state index contributed by atoms with van der Waals surface area (Å²) in [4.78, 5) is 16.6. The molecule has 0 bridgehead atoms. The molecular formula is C29H28N4O3. The monoisotopic (exact) mass is 480 g/mol. The number of hydrogen-bond acceptors (Lipinski definition) is 6. The van der Waals surface area contributed by atoms with Crippen LogP contribution in [0, 0.1) is 11.3 Å². The van der Waals surface area contributed by atoms with E-state index in [1.54, 1.807) is 24.6 Å². The number of carbonyl (C=O) groups excluding carboxylic acids is 1. The summed E-state index contributed by atoms with van der Waals surface area (Å²) in [5, 5.41) is 16.9. The van der Waals surface area contributed by atoms with E-state index < -0.39 is 0 Å². The predicted octanol–water partition coefficient (Wildman–Crippen LogP) is 7.15. The number of nitrogens with one attached hydrogen (secondary N) is 2. The first-order valence-electron chi connectivity index (χ1n) is 11.9. The third-order valence-electron chi connectivity index (χ3n) is 6.09. The number of amides is 1. The number of carbonyl (C=O) groups is 1. The number of anilines is 3. The third kappa shape index (κ3) is 4.93. The number of benzene rings is 2. The molecule has 7 heteroatoms. The highest BCUT2D eigenvalue weighted by molar-refractivity contribution is 6.04. The maximum atomic E-state index is 12.1. The first-order chi connectivity index (χ1) is 17.5. The zero-order valence-electron chi connectivity index (χ0n) is 20.6. The molecule has 0 aliphatic rings. The fourth-order valence-corrected chi connectivity index (χ4v) is 4.04. The van der Waals surface area contributed by atoms with Gasteiger partial charge < -0.3 is 19.8 Å². The summed E-state index contributed by atoms with van der Waals surface area (Å²) < 4.78 is 11.4. The van der Waals surface area contributed by atoms with Crippen LogP contribution >= 0.6 is 0 Å². The van der Waals surface area contributed by atoms with E-state index in [2.05, 4.69) is 48.2 Å². The molecule has 2 N–H and O–H groups in total. The minimum Gasteiger partial charge on any atom is -0.492 e. The van der Waals surface area contributed by atoms with Crippen LogP contribution < -0.4 is 15.4 Å². The van der Waals surface area contributed by atoms with Crippen LogP contribution in [0.1, 0.15) is 44.2 Å². The number of nitriles is 1. The molecule has 0 aliphatic heterocycles. The average Bonchev–Trinajstić information content (AvgIpc) is 3.44. The molecule has 0 aliphatic carbocycles. The Balaban J connectivity index is 1.91. The van der Waals surface area contributed by atoms with Crippen molar-refractivity contribution in [2.75, 3.05) is 17.2 Å². The quantitative estimate of drug-likeness (QED) is 0.247. The van der Waals surface area contributed by atoms with E-state index in [0.717, 1.165) is 29.0 Å². The Morgan fingerprint density at radius 2 is 2.08 bits per heavy atom. The summed E-state index contributed by atoms with van der Waals surface area (Å²) in [6.07, 6.45) is 5.33. The summed E-state index contributed by atoms with van der Waals surface area (Å²) in [6, 6.07) is 15.7. The molecule has 36 heavy (non-hydrogen) atoms. The van der Waals surface area contributed by atoms with Gasteiger partial charge in [-0.25, -0.2) is 0 Å². The molecule has 1 amide bonds. The summed E-state index contributed by atoms with van der Waals surface area (Å²) in [6.45, 7) is 10.1. The molecule has 0 saturated carbocycles. The summed E-state index contributed by atoms with van der Waals surface area (Å²) in [5.74, 6) is 1.16. The Kier molecular flexibility index (Phi) is 7.36. The first kappa shape index (κ1) is 24.6. The van der Waals surface area contributed by atoms with Crippen LogP contribution in [0.15, 0.2) is 72.0 Å². The van der Waals surface area contributed by atoms with Gasteiger partial charge in [-0.2, -0.15) is 5.26 Å². The molecule has 4 aromatic rings. The van der Waals surface area contributed by atoms with Gasteiger partial charge in [0.1, 0.15) is 17.6 Å². The van der Waals surface area contributed by atoms with Crippen LogP contribution in [0.3, 0.4) is 0 Å². The molecule has 0 radical (unpaired) electrons. The zero-order chi connectivity index (χ0) is 25.7. The third-order valence-corrected chi connectivity index (χ3v) is 6.09. The van der Waals surface area contributed by atoms with Crippen LogP contribution in [-0.4, -0.2) is 17.5 Å². The van der Waals surface area contributed by atoms with Gasteiger partial charge in [0.05, 0.1) is 35.3 Å². The molecule has 0 saturated heterocycles. The smallest absolute Gasteiger partial charge is 0.247 e. The fraction of sp³-hybridized carbons (Fsp3) is 0.207. The normalized spacial score (nSPS) is 11.5. The first-order valence-corrected chi connectivity index (χ1v) is 11.9. The van der Waals surface area contributed by atoms with E-state index in [0.29, 0.717) is 40.2 Å². The molecule has 1 atom stereocenters. The van der Waals surface area contributed by atoms with Crippen LogP contribution in [0.4, 0.5) is 17.1 Å². The number of ether oxygens (including phenoxy) is 1. The molecule has 2 heterocycles. The van der Waals surface area contributed by atoms with Crippen molar-refractivity contribution >= 4 is 33.9 Å². The zero-order valence-corrected chi connectivity index (χ0v) is 20.6. The maximum Gasteiger partial charge on any atom is 0.247 e. The van der Waals surface area contributed by atoms with Crippen molar-refractivity contribution in [2.24, 2.45) is 0 Å². The number of aromatic nitrogens is 1. The highest BCUT2D eigenvalue weighted by Gasteiger charge is 2.18. The molecule has 4 rings (SSSR count). The highest BCUT2D eigenvalue weighted by atomic mass is 16.5. The topological polar surface area (TPSA) is 100 Å². The number of fused-ring (bicyclic) bond motifs is 1. The Bertz CT molecular complexity index is 1450. The lowest BCUT2D eigenvalue weighted by Gasteiger charge is -2.20. The van der Waals surface area contributed by atoms with E-state index in [1.165, 1.54) is 6.08 Å². The molecule has 1 unspecified atom stereocenters. The lowest BCUT2D eigenvalue weighted by molar-refractivity contribution is -0.111. The fourth-order valence-electron chi connectivity index (χ4n) is 4.04. The highest BCUT2D eigenvalue weighted by Crippen LogP contribution is 2.39. The second-order valence-corrected chi connectivity index (χ2v) is 8.36. The number of nitrogens with zero attached hydrogens (tertiary/aromatic N) is 2. The number of furan rings is 1. The average molecular weight is 481 g/mol. The predicted molar refractivity (Wildman–Crippen MR) is 143 cm³/mol. The minimum atomic E-state index is -0.362. The second kappa shape index (κ2) is 10.8. The van der Waals surface area contributed by atoms with Crippen molar-refractivity contribution in [3.63, 3.8) is 0 Å². The Labute approximate surface area is 210 Å². The van der Waals surface area contributed by atoms with E-state index in [9.17, 15) is 10.1 Å². The summed E-state index contributed by atoms with van der Waals surface area (Å²) in [7, 11) is 0. The molecular weight excluding hydrogens is 452 g/mol. The van der Waals surface area contributed by atoms with Gasteiger partial charge in [-0.1, -0.05) is 32.6 Å². The summed E-state index contributed by atoms with van der Waals surface area (Å²) in [5.41, 5.74) is 4.99. The van der Waals surface area contributed by atoms with E-state index in [1.807, 2.05) is 31.2 Å². The molecule has 182 valence electrons. The Hall–Kier alpha value is -4.57. The van der Waals surface area contributed by atoms with E-state index in [4.69, 9.17) is 9.15 Å². The van der Waals surface area contributed by atoms with Gasteiger partial charge in [-0.3, -0.25) is 9.78 Å². The van der Waals surface area contributed by atoms with Crippen molar-refractivity contribution in [2.45, 2.75) is 33.1 Å². The largest absolute Gasteiger partial charge is 0.492 e. The van der Waals surface area contributed by atoms with Crippen LogP contribution in [0.2, 0.25) is 0 Å². The van der Waals surface area contributed by atoms with Gasteiger partial charge in [-0.05, 0) is 55.2 Å². The van der Waals surface area contributed by atoms with Gasteiger partial charge in [-0.15, -0.1) is 0 Å². The Morgan fingerprint density at radius 3 is 2.75 bits per heavy atom. The number of rotatable bonds is 9. The lowest BCUT2D eigenvalue weighted by Crippen LogP contribution is -2.10. The van der Waals surface area contributed by atoms with Crippen molar-refractivity contribution in [1.29, 1.82) is 5.26 Å². The molecule has 7 nitrogen and oxygen atoms in total. The van der Waals surface area contributed by atoms with Gasteiger partial charge >= 0.3 is 0 Å². The van der Waals surface area contributed by atoms with E-state index >= 15 is 0 Å². The van der Waals surface area contributed by atoms with Gasteiger partial charge in [0.15, 0.2) is 0 Å². The van der Waals surface area contributed by atoms with Gasteiger partial charge in [0.25, 0.3) is 0 Å². The standard InChI is InChI=1S/C29H28N4O3/c1-5-18(4)21-11-10-19(26-9-8-12-36-26)13-24(21)33-29-20(16-30)17-31-23-15-27(35-7-3)25(14-22(23)29)32-28(34)6-2/h6,8-15,17-18H,2,5,7H2,1,3-4H3,(H,31,33)(H,32,34).